The van der Waals surface area contributed by atoms with Crippen molar-refractivity contribution in [2.45, 2.75) is 31.3 Å². The van der Waals surface area contributed by atoms with Crippen LogP contribution in [-0.2, 0) is 0 Å². The van der Waals surface area contributed by atoms with Gasteiger partial charge >= 0.3 is 0 Å². The fourth-order valence-electron chi connectivity index (χ4n) is 1.65. The number of unbranched alkanes of at least 4 members (excludes halogenated alkanes) is 1. The summed E-state index contributed by atoms with van der Waals surface area (Å²) in [5, 5.41) is 12.6. The van der Waals surface area contributed by atoms with E-state index in [1.807, 2.05) is 0 Å². The zero-order valence-electron chi connectivity index (χ0n) is 12.2. The third-order valence-electron chi connectivity index (χ3n) is 2.84. The second kappa shape index (κ2) is 8.61. The molecular weight excluding hydrogens is 365 g/mol. The van der Waals surface area contributed by atoms with Gasteiger partial charge in [-0.1, -0.05) is 54.4 Å². The fourth-order valence-corrected chi connectivity index (χ4v) is 3.08. The second-order valence-corrected chi connectivity index (χ2v) is 6.47. The first kappa shape index (κ1) is 18.2. The number of hydrogen-bond donors (Lipinski definition) is 0. The lowest BCUT2D eigenvalue weighted by Crippen LogP contribution is -2.01. The summed E-state index contributed by atoms with van der Waals surface area (Å²) >= 11 is 13.2. The molecule has 0 aliphatic carbocycles. The Hall–Kier alpha value is -1.18. The molecule has 0 bridgehead atoms. The minimum absolute atomic E-state index is 0.329. The Kier molecular flexibility index (Phi) is 6.80. The van der Waals surface area contributed by atoms with Crippen LogP contribution in [0.3, 0.4) is 0 Å². The summed E-state index contributed by atoms with van der Waals surface area (Å²) in [5.74, 6) is 0.264. The third kappa shape index (κ3) is 4.89. The first-order valence-corrected chi connectivity index (χ1v) is 8.62. The molecule has 0 amide bonds. The van der Waals surface area contributed by atoms with Gasteiger partial charge in [0.2, 0.25) is 11.0 Å². The number of benzene rings is 1. The van der Waals surface area contributed by atoms with Gasteiger partial charge in [-0.3, -0.25) is 0 Å². The van der Waals surface area contributed by atoms with E-state index < -0.39 is 12.2 Å². The molecule has 2 rings (SSSR count). The topological polar surface area (TPSA) is 43.1 Å². The maximum Gasteiger partial charge on any atom is 0.299 e. The first-order valence-electron chi connectivity index (χ1n) is 6.88. The van der Waals surface area contributed by atoms with E-state index in [-0.39, 0.29) is 0 Å². The van der Waals surface area contributed by atoms with Crippen molar-refractivity contribution in [2.24, 2.45) is 5.10 Å². The molecule has 124 valence electrons. The number of thioether (sulfide) groups is 1. The number of nitrogens with zero attached hydrogens (tertiary/aromatic N) is 4. The van der Waals surface area contributed by atoms with Crippen molar-refractivity contribution in [3.05, 3.63) is 39.6 Å². The molecule has 0 spiro atoms. The number of rotatable bonds is 7. The molecule has 4 nitrogen and oxygen atoms in total. The second-order valence-electron chi connectivity index (χ2n) is 4.57. The molecule has 0 aliphatic rings. The lowest BCUT2D eigenvalue weighted by atomic mass is 10.2. The molecule has 2 aromatic rings. The van der Waals surface area contributed by atoms with Gasteiger partial charge in [0.05, 0.1) is 11.2 Å². The monoisotopic (exact) mass is 378 g/mol. The van der Waals surface area contributed by atoms with E-state index in [1.165, 1.54) is 18.0 Å². The van der Waals surface area contributed by atoms with Crippen LogP contribution in [-0.4, -0.2) is 26.8 Å². The molecule has 0 radical (unpaired) electrons. The lowest BCUT2D eigenvalue weighted by molar-refractivity contribution is 0.135. The summed E-state index contributed by atoms with van der Waals surface area (Å²) in [6.45, 7) is 2.05. The van der Waals surface area contributed by atoms with E-state index in [0.717, 1.165) is 23.3 Å². The molecule has 0 aliphatic heterocycles. The SMILES string of the molecule is CCCCSc1nnc(C(F)F)n1/N=C\c1ccc(Cl)cc1Cl. The molecule has 0 fully saturated rings. The Labute approximate surface area is 146 Å². The highest BCUT2D eigenvalue weighted by atomic mass is 35.5. The van der Waals surface area contributed by atoms with E-state index in [0.29, 0.717) is 20.8 Å². The summed E-state index contributed by atoms with van der Waals surface area (Å²) in [5.41, 5.74) is 0.564. The summed E-state index contributed by atoms with van der Waals surface area (Å²) in [7, 11) is 0. The van der Waals surface area contributed by atoms with Crippen LogP contribution in [0.2, 0.25) is 10.0 Å². The van der Waals surface area contributed by atoms with Crippen molar-refractivity contribution in [3.63, 3.8) is 0 Å². The summed E-state index contributed by atoms with van der Waals surface area (Å²) in [6, 6.07) is 4.86. The van der Waals surface area contributed by atoms with Gasteiger partial charge < -0.3 is 0 Å². The van der Waals surface area contributed by atoms with Crippen LogP contribution in [0.15, 0.2) is 28.5 Å². The Balaban J connectivity index is 2.28. The Morgan fingerprint density at radius 3 is 2.78 bits per heavy atom. The van der Waals surface area contributed by atoms with E-state index in [2.05, 4.69) is 22.2 Å². The van der Waals surface area contributed by atoms with Crippen LogP contribution in [0.25, 0.3) is 0 Å². The minimum atomic E-state index is -2.76. The highest BCUT2D eigenvalue weighted by Crippen LogP contribution is 2.24. The lowest BCUT2D eigenvalue weighted by Gasteiger charge is -2.04. The third-order valence-corrected chi connectivity index (χ3v) is 4.40. The molecular formula is C14H14Cl2F2N4S. The smallest absolute Gasteiger partial charge is 0.201 e. The van der Waals surface area contributed by atoms with Gasteiger partial charge in [-0.2, -0.15) is 9.78 Å². The predicted octanol–water partition coefficient (Wildman–Crippen LogP) is 5.30. The van der Waals surface area contributed by atoms with Gasteiger partial charge in [0.1, 0.15) is 0 Å². The van der Waals surface area contributed by atoms with E-state index in [1.54, 1.807) is 18.2 Å². The molecule has 0 saturated carbocycles. The minimum Gasteiger partial charge on any atom is -0.201 e. The molecule has 1 aromatic carbocycles. The average Bonchev–Trinajstić information content (AvgIpc) is 2.90. The van der Waals surface area contributed by atoms with Gasteiger partial charge in [0, 0.05) is 16.3 Å². The fraction of sp³-hybridized carbons (Fsp3) is 0.357. The molecule has 9 heteroatoms. The molecule has 1 heterocycles. The number of aromatic nitrogens is 3. The number of halogens is 4. The zero-order valence-corrected chi connectivity index (χ0v) is 14.5. The standard InChI is InChI=1S/C14H14Cl2F2N4S/c1-2-3-6-23-14-21-20-13(12(17)18)22(14)19-8-9-4-5-10(15)7-11(9)16/h4-5,7-8,12H,2-3,6H2,1H3/b19-8-. The van der Waals surface area contributed by atoms with E-state index in [9.17, 15) is 8.78 Å². The van der Waals surface area contributed by atoms with Crippen LogP contribution in [0.1, 0.15) is 37.6 Å². The first-order chi connectivity index (χ1) is 11.0. The van der Waals surface area contributed by atoms with Crippen molar-refractivity contribution < 1.29 is 8.78 Å². The van der Waals surface area contributed by atoms with Gasteiger partial charge in [-0.15, -0.1) is 10.2 Å². The van der Waals surface area contributed by atoms with Crippen molar-refractivity contribution >= 4 is 41.2 Å². The van der Waals surface area contributed by atoms with Crippen molar-refractivity contribution in [2.75, 3.05) is 5.75 Å². The normalized spacial score (nSPS) is 11.7. The maximum atomic E-state index is 13.0. The van der Waals surface area contributed by atoms with Crippen LogP contribution in [0.5, 0.6) is 0 Å². The quantitative estimate of drug-likeness (QED) is 0.373. The Bertz CT molecular complexity index is 691. The van der Waals surface area contributed by atoms with Crippen LogP contribution >= 0.6 is 35.0 Å². The van der Waals surface area contributed by atoms with Crippen LogP contribution in [0.4, 0.5) is 8.78 Å². The largest absolute Gasteiger partial charge is 0.299 e. The van der Waals surface area contributed by atoms with E-state index in [4.69, 9.17) is 23.2 Å². The highest BCUT2D eigenvalue weighted by Gasteiger charge is 2.20. The maximum absolute atomic E-state index is 13.0. The van der Waals surface area contributed by atoms with Gasteiger partial charge in [0.25, 0.3) is 6.43 Å². The van der Waals surface area contributed by atoms with Gasteiger partial charge in [0.15, 0.2) is 0 Å². The summed E-state index contributed by atoms with van der Waals surface area (Å²) in [4.78, 5) is 0. The molecule has 1 aromatic heterocycles. The molecule has 0 N–H and O–H groups in total. The molecule has 23 heavy (non-hydrogen) atoms. The van der Waals surface area contributed by atoms with Crippen LogP contribution in [0, 0.1) is 0 Å². The number of hydrogen-bond acceptors (Lipinski definition) is 4. The predicted molar refractivity (Wildman–Crippen MR) is 90.1 cm³/mol. The Morgan fingerprint density at radius 2 is 2.13 bits per heavy atom. The van der Waals surface area contributed by atoms with E-state index >= 15 is 0 Å². The molecule has 0 unspecified atom stereocenters. The highest BCUT2D eigenvalue weighted by molar-refractivity contribution is 7.99. The summed E-state index contributed by atoms with van der Waals surface area (Å²) in [6.07, 6.45) is 0.583. The molecule has 0 saturated heterocycles. The number of alkyl halides is 2. The zero-order chi connectivity index (χ0) is 16.8. The van der Waals surface area contributed by atoms with Crippen LogP contribution < -0.4 is 0 Å². The summed E-state index contributed by atoms with van der Waals surface area (Å²) < 4.78 is 27.1. The van der Waals surface area contributed by atoms with Crippen molar-refractivity contribution in [1.29, 1.82) is 0 Å². The average molecular weight is 379 g/mol. The Morgan fingerprint density at radius 1 is 1.35 bits per heavy atom. The van der Waals surface area contributed by atoms with Crippen molar-refractivity contribution in [3.8, 4) is 0 Å². The van der Waals surface area contributed by atoms with Gasteiger partial charge in [-0.05, 0) is 18.6 Å². The molecule has 0 atom stereocenters. The van der Waals surface area contributed by atoms with Gasteiger partial charge in [-0.25, -0.2) is 8.78 Å². The van der Waals surface area contributed by atoms with Crippen molar-refractivity contribution in [1.82, 2.24) is 14.9 Å².